The lowest BCUT2D eigenvalue weighted by Crippen LogP contribution is -2.04. The van der Waals surface area contributed by atoms with Crippen LogP contribution < -0.4 is 10.5 Å². The van der Waals surface area contributed by atoms with Crippen molar-refractivity contribution in [3.05, 3.63) is 54.1 Å². The summed E-state index contributed by atoms with van der Waals surface area (Å²) in [5.74, 6) is 0.876. The number of halogens is 1. The Bertz CT molecular complexity index is 477. The van der Waals surface area contributed by atoms with E-state index in [0.29, 0.717) is 0 Å². The van der Waals surface area contributed by atoms with Crippen molar-refractivity contribution in [2.75, 3.05) is 7.11 Å². The molecular formula is C15H18ClNO. The van der Waals surface area contributed by atoms with E-state index in [1.165, 1.54) is 11.1 Å². The molecule has 18 heavy (non-hydrogen) atoms. The Balaban J connectivity index is 0.00000162. The summed E-state index contributed by atoms with van der Waals surface area (Å²) in [5.41, 5.74) is 9.35. The summed E-state index contributed by atoms with van der Waals surface area (Å²) in [5, 5.41) is 0. The highest BCUT2D eigenvalue weighted by atomic mass is 35.5. The number of nitrogens with two attached hydrogens (primary N) is 1. The second-order valence-electron chi connectivity index (χ2n) is 4.14. The van der Waals surface area contributed by atoms with Gasteiger partial charge in [0.1, 0.15) is 5.75 Å². The molecule has 0 spiro atoms. The molecule has 0 saturated heterocycles. The lowest BCUT2D eigenvalue weighted by molar-refractivity contribution is 0.415. The van der Waals surface area contributed by atoms with E-state index in [0.717, 1.165) is 11.3 Å². The first kappa shape index (κ1) is 14.6. The third-order valence-corrected chi connectivity index (χ3v) is 2.86. The lowest BCUT2D eigenvalue weighted by atomic mass is 10.0. The van der Waals surface area contributed by atoms with Crippen molar-refractivity contribution in [2.45, 2.75) is 13.0 Å². The molecule has 96 valence electrons. The fraction of sp³-hybridized carbons (Fsp3) is 0.200. The van der Waals surface area contributed by atoms with Gasteiger partial charge in [0.15, 0.2) is 0 Å². The second kappa shape index (κ2) is 6.43. The summed E-state index contributed by atoms with van der Waals surface area (Å²) in [6, 6.07) is 16.5. The van der Waals surface area contributed by atoms with Crippen molar-refractivity contribution < 1.29 is 4.74 Å². The summed E-state index contributed by atoms with van der Waals surface area (Å²) in [4.78, 5) is 0. The zero-order valence-corrected chi connectivity index (χ0v) is 11.4. The molecule has 0 heterocycles. The predicted molar refractivity (Wildman–Crippen MR) is 78.3 cm³/mol. The molecule has 0 aliphatic heterocycles. The van der Waals surface area contributed by atoms with Crippen LogP contribution in [0.15, 0.2) is 48.5 Å². The van der Waals surface area contributed by atoms with E-state index in [9.17, 15) is 0 Å². The maximum atomic E-state index is 5.82. The zero-order valence-electron chi connectivity index (χ0n) is 10.6. The van der Waals surface area contributed by atoms with Gasteiger partial charge in [-0.3, -0.25) is 0 Å². The second-order valence-corrected chi connectivity index (χ2v) is 4.14. The van der Waals surface area contributed by atoms with Crippen LogP contribution >= 0.6 is 12.4 Å². The molecule has 3 heteroatoms. The quantitative estimate of drug-likeness (QED) is 0.914. The van der Waals surface area contributed by atoms with Crippen molar-refractivity contribution in [1.82, 2.24) is 0 Å². The fourth-order valence-electron chi connectivity index (χ4n) is 1.76. The SMILES string of the molecule is COc1ccc(-c2ccc(C(C)N)cc2)cc1.Cl. The third-order valence-electron chi connectivity index (χ3n) is 2.86. The smallest absolute Gasteiger partial charge is 0.118 e. The number of rotatable bonds is 3. The van der Waals surface area contributed by atoms with Crippen molar-refractivity contribution >= 4 is 12.4 Å². The van der Waals surface area contributed by atoms with Crippen LogP contribution in [0, 0.1) is 0 Å². The standard InChI is InChI=1S/C15H17NO.ClH/c1-11(16)12-3-5-13(6-4-12)14-7-9-15(17-2)10-8-14;/h3-11H,16H2,1-2H3;1H. The van der Waals surface area contributed by atoms with Crippen molar-refractivity contribution in [3.8, 4) is 16.9 Å². The lowest BCUT2D eigenvalue weighted by Gasteiger charge is -2.07. The topological polar surface area (TPSA) is 35.2 Å². The molecule has 1 unspecified atom stereocenters. The van der Waals surface area contributed by atoms with Crippen LogP contribution in [0.3, 0.4) is 0 Å². The highest BCUT2D eigenvalue weighted by Crippen LogP contribution is 2.23. The summed E-state index contributed by atoms with van der Waals surface area (Å²) in [7, 11) is 1.67. The molecule has 2 aromatic rings. The minimum Gasteiger partial charge on any atom is -0.497 e. The molecule has 0 amide bonds. The normalized spacial score (nSPS) is 11.5. The number of benzene rings is 2. The Morgan fingerprint density at radius 2 is 1.33 bits per heavy atom. The van der Waals surface area contributed by atoms with Crippen molar-refractivity contribution in [1.29, 1.82) is 0 Å². The Morgan fingerprint density at radius 3 is 1.72 bits per heavy atom. The van der Waals surface area contributed by atoms with Crippen LogP contribution in [0.1, 0.15) is 18.5 Å². The molecule has 2 aromatic carbocycles. The van der Waals surface area contributed by atoms with Crippen molar-refractivity contribution in [2.24, 2.45) is 5.73 Å². The molecular weight excluding hydrogens is 246 g/mol. The minimum absolute atomic E-state index is 0. The Hall–Kier alpha value is -1.51. The number of hydrogen-bond donors (Lipinski definition) is 1. The van der Waals surface area contributed by atoms with E-state index in [-0.39, 0.29) is 18.4 Å². The molecule has 0 aliphatic carbocycles. The van der Waals surface area contributed by atoms with Crippen LogP contribution in [0.4, 0.5) is 0 Å². The van der Waals surface area contributed by atoms with Crippen LogP contribution in [0.2, 0.25) is 0 Å². The van der Waals surface area contributed by atoms with E-state index in [4.69, 9.17) is 10.5 Å². The average molecular weight is 264 g/mol. The number of methoxy groups -OCH3 is 1. The van der Waals surface area contributed by atoms with Crippen LogP contribution in [0.5, 0.6) is 5.75 Å². The van der Waals surface area contributed by atoms with Gasteiger partial charge in [-0.1, -0.05) is 36.4 Å². The van der Waals surface area contributed by atoms with E-state index >= 15 is 0 Å². The summed E-state index contributed by atoms with van der Waals surface area (Å²) in [6.07, 6.45) is 0. The van der Waals surface area contributed by atoms with Gasteiger partial charge in [0, 0.05) is 6.04 Å². The van der Waals surface area contributed by atoms with Gasteiger partial charge >= 0.3 is 0 Å². The van der Waals surface area contributed by atoms with Gasteiger partial charge in [0.05, 0.1) is 7.11 Å². The third kappa shape index (κ3) is 3.25. The summed E-state index contributed by atoms with van der Waals surface area (Å²) < 4.78 is 5.14. The monoisotopic (exact) mass is 263 g/mol. The van der Waals surface area contributed by atoms with Gasteiger partial charge in [0.2, 0.25) is 0 Å². The molecule has 0 aliphatic rings. The van der Waals surface area contributed by atoms with Crippen LogP contribution in [-0.2, 0) is 0 Å². The highest BCUT2D eigenvalue weighted by molar-refractivity contribution is 5.85. The molecule has 0 aromatic heterocycles. The molecule has 2 N–H and O–H groups in total. The maximum Gasteiger partial charge on any atom is 0.118 e. The van der Waals surface area contributed by atoms with Crippen LogP contribution in [-0.4, -0.2) is 7.11 Å². The zero-order chi connectivity index (χ0) is 12.3. The van der Waals surface area contributed by atoms with Gasteiger partial charge in [-0.15, -0.1) is 12.4 Å². The first-order valence-corrected chi connectivity index (χ1v) is 5.70. The average Bonchev–Trinajstić information content (AvgIpc) is 2.39. The van der Waals surface area contributed by atoms with Gasteiger partial charge in [-0.05, 0) is 35.7 Å². The van der Waals surface area contributed by atoms with E-state index in [1.54, 1.807) is 7.11 Å². The first-order chi connectivity index (χ1) is 8.20. The molecule has 0 saturated carbocycles. The summed E-state index contributed by atoms with van der Waals surface area (Å²) >= 11 is 0. The molecule has 2 nitrogen and oxygen atoms in total. The van der Waals surface area contributed by atoms with Gasteiger partial charge in [0.25, 0.3) is 0 Å². The summed E-state index contributed by atoms with van der Waals surface area (Å²) in [6.45, 7) is 1.99. The van der Waals surface area contributed by atoms with Gasteiger partial charge < -0.3 is 10.5 Å². The molecule has 0 fully saturated rings. The number of ether oxygens (including phenoxy) is 1. The Kier molecular flexibility index (Phi) is 5.20. The minimum atomic E-state index is 0. The maximum absolute atomic E-state index is 5.82. The Morgan fingerprint density at radius 1 is 0.889 bits per heavy atom. The van der Waals surface area contributed by atoms with Crippen LogP contribution in [0.25, 0.3) is 11.1 Å². The predicted octanol–water partition coefficient (Wildman–Crippen LogP) is 3.80. The van der Waals surface area contributed by atoms with E-state index in [2.05, 4.69) is 36.4 Å². The van der Waals surface area contributed by atoms with E-state index in [1.807, 2.05) is 19.1 Å². The van der Waals surface area contributed by atoms with E-state index < -0.39 is 0 Å². The van der Waals surface area contributed by atoms with Crippen molar-refractivity contribution in [3.63, 3.8) is 0 Å². The first-order valence-electron chi connectivity index (χ1n) is 5.70. The Labute approximate surface area is 114 Å². The van der Waals surface area contributed by atoms with Gasteiger partial charge in [-0.2, -0.15) is 0 Å². The molecule has 0 bridgehead atoms. The molecule has 1 atom stereocenters. The molecule has 2 rings (SSSR count). The van der Waals surface area contributed by atoms with Gasteiger partial charge in [-0.25, -0.2) is 0 Å². The fourth-order valence-corrected chi connectivity index (χ4v) is 1.76. The molecule has 0 radical (unpaired) electrons. The number of hydrogen-bond acceptors (Lipinski definition) is 2. The highest BCUT2D eigenvalue weighted by Gasteiger charge is 2.01. The largest absolute Gasteiger partial charge is 0.497 e.